The minimum atomic E-state index is -0.266. The Balaban J connectivity index is 1.66. The Bertz CT molecular complexity index is 779. The number of anilines is 2. The van der Waals surface area contributed by atoms with Gasteiger partial charge in [-0.3, -0.25) is 0 Å². The highest BCUT2D eigenvalue weighted by Gasteiger charge is 2.16. The van der Waals surface area contributed by atoms with E-state index >= 15 is 0 Å². The number of nitrogens with one attached hydrogen (secondary N) is 1. The fourth-order valence-corrected chi connectivity index (χ4v) is 3.52. The summed E-state index contributed by atoms with van der Waals surface area (Å²) in [5.74, 6) is -0.266. The molecule has 0 amide bonds. The normalized spacial score (nSPS) is 13.3. The summed E-state index contributed by atoms with van der Waals surface area (Å²) in [6.45, 7) is 3.31. The molecular weight excluding hydrogens is 343 g/mol. The monoisotopic (exact) mass is 370 g/mol. The summed E-state index contributed by atoms with van der Waals surface area (Å²) in [5.41, 5.74) is 5.16. The SMILES string of the molecule is COCCN1CCCc2ccc(CNc3ccc(CCC=O)c(F)c3)cc21. The molecule has 0 fully saturated rings. The molecule has 144 valence electrons. The summed E-state index contributed by atoms with van der Waals surface area (Å²) in [5, 5.41) is 3.30. The lowest BCUT2D eigenvalue weighted by atomic mass is 9.99. The molecule has 0 aliphatic carbocycles. The maximum Gasteiger partial charge on any atom is 0.128 e. The van der Waals surface area contributed by atoms with E-state index in [0.29, 0.717) is 24.9 Å². The van der Waals surface area contributed by atoms with Crippen LogP contribution in [-0.4, -0.2) is 33.1 Å². The molecule has 0 unspecified atom stereocenters. The second-order valence-electron chi connectivity index (χ2n) is 6.91. The van der Waals surface area contributed by atoms with Gasteiger partial charge in [-0.05, 0) is 54.2 Å². The van der Waals surface area contributed by atoms with Gasteiger partial charge >= 0.3 is 0 Å². The summed E-state index contributed by atoms with van der Waals surface area (Å²) < 4.78 is 19.4. The number of nitrogens with zero attached hydrogens (tertiary/aromatic N) is 1. The molecular formula is C22H27FN2O2. The van der Waals surface area contributed by atoms with Gasteiger partial charge in [0.1, 0.15) is 12.1 Å². The van der Waals surface area contributed by atoms with Gasteiger partial charge in [-0.2, -0.15) is 0 Å². The van der Waals surface area contributed by atoms with E-state index in [1.165, 1.54) is 29.3 Å². The van der Waals surface area contributed by atoms with Crippen LogP contribution in [0.1, 0.15) is 29.5 Å². The van der Waals surface area contributed by atoms with E-state index in [0.717, 1.165) is 38.1 Å². The molecule has 0 atom stereocenters. The van der Waals surface area contributed by atoms with Crippen LogP contribution in [0.5, 0.6) is 0 Å². The van der Waals surface area contributed by atoms with Gasteiger partial charge in [0.15, 0.2) is 0 Å². The standard InChI is InChI=1S/C22H27FN2O2/c1-27-13-11-25-10-2-4-19-7-6-17(14-22(19)25)16-24-20-9-8-18(5-3-12-26)21(23)15-20/h6-9,12,14-15,24H,2-5,10-11,13,16H2,1H3. The molecule has 0 saturated carbocycles. The molecule has 0 radical (unpaired) electrons. The molecule has 1 heterocycles. The van der Waals surface area contributed by atoms with Crippen LogP contribution in [0.2, 0.25) is 0 Å². The highest BCUT2D eigenvalue weighted by Crippen LogP contribution is 2.28. The predicted molar refractivity (Wildman–Crippen MR) is 107 cm³/mol. The number of carbonyl (C=O) groups is 1. The lowest BCUT2D eigenvalue weighted by molar-refractivity contribution is -0.107. The van der Waals surface area contributed by atoms with Crippen LogP contribution in [0.15, 0.2) is 36.4 Å². The van der Waals surface area contributed by atoms with E-state index in [9.17, 15) is 9.18 Å². The second kappa shape index (κ2) is 9.51. The molecule has 27 heavy (non-hydrogen) atoms. The molecule has 2 aromatic rings. The Kier molecular flexibility index (Phi) is 6.82. The average Bonchev–Trinajstić information content (AvgIpc) is 2.70. The first-order valence-corrected chi connectivity index (χ1v) is 9.53. The van der Waals surface area contributed by atoms with Crippen LogP contribution < -0.4 is 10.2 Å². The Morgan fingerprint density at radius 1 is 1.26 bits per heavy atom. The van der Waals surface area contributed by atoms with Crippen LogP contribution >= 0.6 is 0 Å². The zero-order valence-electron chi connectivity index (χ0n) is 15.8. The van der Waals surface area contributed by atoms with E-state index in [-0.39, 0.29) is 5.82 Å². The van der Waals surface area contributed by atoms with Crippen molar-refractivity contribution in [2.24, 2.45) is 0 Å². The Morgan fingerprint density at radius 2 is 2.15 bits per heavy atom. The van der Waals surface area contributed by atoms with Gasteiger partial charge in [-0.1, -0.05) is 18.2 Å². The quantitative estimate of drug-likeness (QED) is 0.678. The Morgan fingerprint density at radius 3 is 2.93 bits per heavy atom. The van der Waals surface area contributed by atoms with E-state index in [1.54, 1.807) is 13.2 Å². The zero-order chi connectivity index (χ0) is 19.1. The maximum atomic E-state index is 14.1. The topological polar surface area (TPSA) is 41.6 Å². The third-order valence-electron chi connectivity index (χ3n) is 5.01. The van der Waals surface area contributed by atoms with E-state index in [4.69, 9.17) is 4.74 Å². The number of ether oxygens (including phenoxy) is 1. The first-order chi connectivity index (χ1) is 13.2. The van der Waals surface area contributed by atoms with Crippen molar-refractivity contribution in [1.82, 2.24) is 0 Å². The van der Waals surface area contributed by atoms with Crippen LogP contribution in [0.25, 0.3) is 0 Å². The number of halogens is 1. The number of methoxy groups -OCH3 is 1. The van der Waals surface area contributed by atoms with Gasteiger partial charge < -0.3 is 19.7 Å². The number of benzene rings is 2. The minimum absolute atomic E-state index is 0.266. The van der Waals surface area contributed by atoms with Crippen molar-refractivity contribution in [3.05, 3.63) is 58.9 Å². The highest BCUT2D eigenvalue weighted by molar-refractivity contribution is 5.58. The number of aryl methyl sites for hydroxylation is 2. The summed E-state index contributed by atoms with van der Waals surface area (Å²) in [6.07, 6.45) is 3.89. The summed E-state index contributed by atoms with van der Waals surface area (Å²) >= 11 is 0. The zero-order valence-corrected chi connectivity index (χ0v) is 15.8. The van der Waals surface area contributed by atoms with Gasteiger partial charge in [0, 0.05) is 44.5 Å². The third-order valence-corrected chi connectivity index (χ3v) is 5.01. The molecule has 1 aliphatic rings. The van der Waals surface area contributed by atoms with Gasteiger partial charge in [0.05, 0.1) is 6.61 Å². The number of hydrogen-bond acceptors (Lipinski definition) is 4. The van der Waals surface area contributed by atoms with Crippen LogP contribution in [0, 0.1) is 5.82 Å². The van der Waals surface area contributed by atoms with Gasteiger partial charge in [-0.25, -0.2) is 4.39 Å². The summed E-state index contributed by atoms with van der Waals surface area (Å²) in [4.78, 5) is 12.8. The van der Waals surface area contributed by atoms with Gasteiger partial charge in [-0.15, -0.1) is 0 Å². The lowest BCUT2D eigenvalue weighted by Gasteiger charge is -2.31. The molecule has 5 heteroatoms. The molecule has 2 aromatic carbocycles. The van der Waals surface area contributed by atoms with E-state index < -0.39 is 0 Å². The molecule has 0 saturated heterocycles. The lowest BCUT2D eigenvalue weighted by Crippen LogP contribution is -2.32. The fourth-order valence-electron chi connectivity index (χ4n) is 3.52. The smallest absolute Gasteiger partial charge is 0.128 e. The highest BCUT2D eigenvalue weighted by atomic mass is 19.1. The first-order valence-electron chi connectivity index (χ1n) is 9.53. The van der Waals surface area contributed by atoms with Crippen LogP contribution in [0.3, 0.4) is 0 Å². The molecule has 0 spiro atoms. The number of fused-ring (bicyclic) bond motifs is 1. The van der Waals surface area contributed by atoms with Gasteiger partial charge in [0.2, 0.25) is 0 Å². The van der Waals surface area contributed by atoms with Crippen molar-refractivity contribution < 1.29 is 13.9 Å². The molecule has 1 N–H and O–H groups in total. The summed E-state index contributed by atoms with van der Waals surface area (Å²) in [7, 11) is 1.73. The molecule has 1 aliphatic heterocycles. The molecule has 0 aromatic heterocycles. The fraction of sp³-hybridized carbons (Fsp3) is 0.409. The Hall–Kier alpha value is -2.40. The second-order valence-corrected chi connectivity index (χ2v) is 6.91. The number of hydrogen-bond donors (Lipinski definition) is 1. The number of rotatable bonds is 9. The van der Waals surface area contributed by atoms with E-state index in [2.05, 4.69) is 28.4 Å². The molecule has 4 nitrogen and oxygen atoms in total. The van der Waals surface area contributed by atoms with Crippen molar-refractivity contribution in [2.45, 2.75) is 32.2 Å². The number of carbonyl (C=O) groups excluding carboxylic acids is 1. The van der Waals surface area contributed by atoms with E-state index in [1.807, 2.05) is 6.07 Å². The third kappa shape index (κ3) is 5.07. The largest absolute Gasteiger partial charge is 0.383 e. The number of aldehydes is 1. The maximum absolute atomic E-state index is 14.1. The molecule has 0 bridgehead atoms. The first kappa shape index (κ1) is 19.4. The van der Waals surface area contributed by atoms with Crippen molar-refractivity contribution >= 4 is 17.7 Å². The van der Waals surface area contributed by atoms with Crippen molar-refractivity contribution in [3.63, 3.8) is 0 Å². The van der Waals surface area contributed by atoms with Crippen molar-refractivity contribution in [1.29, 1.82) is 0 Å². The van der Waals surface area contributed by atoms with Gasteiger partial charge in [0.25, 0.3) is 0 Å². The minimum Gasteiger partial charge on any atom is -0.383 e. The average molecular weight is 370 g/mol. The summed E-state index contributed by atoms with van der Waals surface area (Å²) in [6, 6.07) is 11.7. The Labute approximate surface area is 160 Å². The van der Waals surface area contributed by atoms with Crippen molar-refractivity contribution in [2.75, 3.05) is 37.0 Å². The van der Waals surface area contributed by atoms with Crippen LogP contribution in [0.4, 0.5) is 15.8 Å². The predicted octanol–water partition coefficient (Wildman–Crippen LogP) is 3.97. The molecule has 3 rings (SSSR count). The van der Waals surface area contributed by atoms with Crippen molar-refractivity contribution in [3.8, 4) is 0 Å². The van der Waals surface area contributed by atoms with Crippen LogP contribution in [-0.2, 0) is 28.9 Å².